The highest BCUT2D eigenvalue weighted by atomic mass is 19.1. The molecular weight excluding hydrogens is 337 g/mol. The van der Waals surface area contributed by atoms with Gasteiger partial charge in [0.1, 0.15) is 11.4 Å². The topological polar surface area (TPSA) is 71.4 Å². The second-order valence-electron chi connectivity index (χ2n) is 6.01. The van der Waals surface area contributed by atoms with Crippen LogP contribution in [0.3, 0.4) is 0 Å². The summed E-state index contributed by atoms with van der Waals surface area (Å²) in [6.07, 6.45) is 1.46. The molecule has 0 spiro atoms. The summed E-state index contributed by atoms with van der Waals surface area (Å²) in [6.45, 7) is 6.59. The van der Waals surface area contributed by atoms with Crippen LogP contribution < -0.4 is 10.2 Å². The SMILES string of the molecule is CCn1c(C)cc(/C=C2\C(=O)NC(=O)N(c3cccc(F)c3)C2=O)c1C. The second kappa shape index (κ2) is 6.59. The fourth-order valence-electron chi connectivity index (χ4n) is 3.12. The van der Waals surface area contributed by atoms with Crippen molar-refractivity contribution in [3.8, 4) is 0 Å². The van der Waals surface area contributed by atoms with E-state index in [4.69, 9.17) is 0 Å². The molecule has 1 aromatic carbocycles. The van der Waals surface area contributed by atoms with Crippen LogP contribution >= 0.6 is 0 Å². The molecule has 1 aliphatic heterocycles. The van der Waals surface area contributed by atoms with E-state index in [0.717, 1.165) is 34.5 Å². The zero-order valence-electron chi connectivity index (χ0n) is 14.7. The van der Waals surface area contributed by atoms with Crippen molar-refractivity contribution < 1.29 is 18.8 Å². The van der Waals surface area contributed by atoms with E-state index in [1.54, 1.807) is 0 Å². The number of imide groups is 2. The second-order valence-corrected chi connectivity index (χ2v) is 6.01. The number of urea groups is 1. The fraction of sp³-hybridized carbons (Fsp3) is 0.211. The number of carbonyl (C=O) groups is 3. The minimum atomic E-state index is -0.901. The van der Waals surface area contributed by atoms with Crippen molar-refractivity contribution in [2.45, 2.75) is 27.3 Å². The summed E-state index contributed by atoms with van der Waals surface area (Å²) in [5, 5.41) is 2.13. The predicted molar refractivity (Wildman–Crippen MR) is 95.0 cm³/mol. The number of barbiturate groups is 1. The number of nitrogens with one attached hydrogen (secondary N) is 1. The number of amides is 4. The molecule has 3 rings (SSSR count). The van der Waals surface area contributed by atoms with Gasteiger partial charge >= 0.3 is 6.03 Å². The molecule has 0 atom stereocenters. The Kier molecular flexibility index (Phi) is 4.46. The maximum atomic E-state index is 13.5. The summed E-state index contributed by atoms with van der Waals surface area (Å²) in [5.74, 6) is -2.14. The third-order valence-corrected chi connectivity index (χ3v) is 4.40. The van der Waals surface area contributed by atoms with E-state index in [2.05, 4.69) is 5.32 Å². The van der Waals surface area contributed by atoms with Crippen molar-refractivity contribution in [1.82, 2.24) is 9.88 Å². The van der Waals surface area contributed by atoms with Gasteiger partial charge in [0.15, 0.2) is 0 Å². The molecule has 1 aromatic heterocycles. The molecule has 0 bridgehead atoms. The lowest BCUT2D eigenvalue weighted by molar-refractivity contribution is -0.122. The van der Waals surface area contributed by atoms with Gasteiger partial charge < -0.3 is 4.57 Å². The fourth-order valence-corrected chi connectivity index (χ4v) is 3.12. The minimum Gasteiger partial charge on any atom is -0.349 e. The van der Waals surface area contributed by atoms with E-state index >= 15 is 0 Å². The van der Waals surface area contributed by atoms with Crippen LogP contribution in [0, 0.1) is 19.7 Å². The first-order valence-corrected chi connectivity index (χ1v) is 8.17. The molecular formula is C19H18FN3O3. The number of benzene rings is 1. The highest BCUT2D eigenvalue weighted by Gasteiger charge is 2.37. The Morgan fingerprint density at radius 1 is 1.15 bits per heavy atom. The lowest BCUT2D eigenvalue weighted by atomic mass is 10.1. The van der Waals surface area contributed by atoms with Gasteiger partial charge in [-0.2, -0.15) is 0 Å². The summed E-state index contributed by atoms with van der Waals surface area (Å²) in [6, 6.07) is 6.05. The summed E-state index contributed by atoms with van der Waals surface area (Å²) in [7, 11) is 0. The monoisotopic (exact) mass is 355 g/mol. The van der Waals surface area contributed by atoms with Gasteiger partial charge in [0.2, 0.25) is 0 Å². The number of carbonyl (C=O) groups excluding carboxylic acids is 3. The number of rotatable bonds is 3. The van der Waals surface area contributed by atoms with Crippen LogP contribution in [0.15, 0.2) is 35.9 Å². The first-order chi connectivity index (χ1) is 12.3. The molecule has 1 fully saturated rings. The predicted octanol–water partition coefficient (Wildman–Crippen LogP) is 2.93. The molecule has 0 saturated carbocycles. The van der Waals surface area contributed by atoms with Crippen LogP contribution in [0.4, 0.5) is 14.9 Å². The Morgan fingerprint density at radius 3 is 2.50 bits per heavy atom. The standard InChI is InChI=1S/C19H18FN3O3/c1-4-22-11(2)8-13(12(22)3)9-16-17(24)21-19(26)23(18(16)25)15-7-5-6-14(20)10-15/h5-10H,4H2,1-3H3,(H,21,24,26)/b16-9+. The Morgan fingerprint density at radius 2 is 1.88 bits per heavy atom. The molecule has 4 amide bonds. The molecule has 1 N–H and O–H groups in total. The highest BCUT2D eigenvalue weighted by molar-refractivity contribution is 6.39. The average molecular weight is 355 g/mol. The number of nitrogens with zero attached hydrogens (tertiary/aromatic N) is 2. The Hall–Kier alpha value is -3.22. The van der Waals surface area contributed by atoms with Crippen LogP contribution in [0.25, 0.3) is 6.08 Å². The molecule has 134 valence electrons. The maximum Gasteiger partial charge on any atom is 0.335 e. The van der Waals surface area contributed by atoms with Crippen LogP contribution in [-0.2, 0) is 16.1 Å². The lowest BCUT2D eigenvalue weighted by Crippen LogP contribution is -2.54. The number of aromatic nitrogens is 1. The van der Waals surface area contributed by atoms with E-state index in [-0.39, 0.29) is 11.3 Å². The summed E-state index contributed by atoms with van der Waals surface area (Å²) >= 11 is 0. The third kappa shape index (κ3) is 2.92. The summed E-state index contributed by atoms with van der Waals surface area (Å²) in [5.41, 5.74) is 2.51. The van der Waals surface area contributed by atoms with Gasteiger partial charge in [-0.25, -0.2) is 14.1 Å². The Balaban J connectivity index is 2.06. The first-order valence-electron chi connectivity index (χ1n) is 8.17. The van der Waals surface area contributed by atoms with Gasteiger partial charge in [0, 0.05) is 17.9 Å². The van der Waals surface area contributed by atoms with Crippen LogP contribution in [-0.4, -0.2) is 22.4 Å². The quantitative estimate of drug-likeness (QED) is 0.680. The zero-order chi connectivity index (χ0) is 19.0. The van der Waals surface area contributed by atoms with Gasteiger partial charge in [-0.1, -0.05) is 6.07 Å². The molecule has 7 heteroatoms. The Labute approximate surface area is 149 Å². The molecule has 2 heterocycles. The van der Waals surface area contributed by atoms with E-state index in [1.165, 1.54) is 24.3 Å². The van der Waals surface area contributed by atoms with Crippen molar-refractivity contribution in [1.29, 1.82) is 0 Å². The first kappa shape index (κ1) is 17.6. The third-order valence-electron chi connectivity index (χ3n) is 4.40. The summed E-state index contributed by atoms with van der Waals surface area (Å²) in [4.78, 5) is 37.9. The van der Waals surface area contributed by atoms with Gasteiger partial charge in [0.25, 0.3) is 11.8 Å². The van der Waals surface area contributed by atoms with Crippen LogP contribution in [0.2, 0.25) is 0 Å². The number of halogens is 1. The molecule has 1 saturated heterocycles. The molecule has 2 aromatic rings. The van der Waals surface area contributed by atoms with Crippen molar-refractivity contribution in [2.75, 3.05) is 4.90 Å². The molecule has 0 unspecified atom stereocenters. The zero-order valence-corrected chi connectivity index (χ0v) is 14.7. The van der Waals surface area contributed by atoms with Gasteiger partial charge in [0.05, 0.1) is 5.69 Å². The number of hydrogen-bond acceptors (Lipinski definition) is 3. The smallest absolute Gasteiger partial charge is 0.335 e. The van der Waals surface area contributed by atoms with Crippen molar-refractivity contribution >= 4 is 29.6 Å². The number of anilines is 1. The van der Waals surface area contributed by atoms with Gasteiger partial charge in [-0.05, 0) is 56.7 Å². The molecule has 1 aliphatic rings. The normalized spacial score (nSPS) is 16.4. The van der Waals surface area contributed by atoms with E-state index in [1.807, 2.05) is 31.4 Å². The average Bonchev–Trinajstić information content (AvgIpc) is 2.84. The van der Waals surface area contributed by atoms with Crippen LogP contribution in [0.5, 0.6) is 0 Å². The molecule has 0 radical (unpaired) electrons. The highest BCUT2D eigenvalue weighted by Crippen LogP contribution is 2.24. The van der Waals surface area contributed by atoms with Gasteiger partial charge in [-0.15, -0.1) is 0 Å². The van der Waals surface area contributed by atoms with Gasteiger partial charge in [-0.3, -0.25) is 14.9 Å². The lowest BCUT2D eigenvalue weighted by Gasteiger charge is -2.26. The maximum absolute atomic E-state index is 13.5. The summed E-state index contributed by atoms with van der Waals surface area (Å²) < 4.78 is 15.5. The van der Waals surface area contributed by atoms with Crippen molar-refractivity contribution in [2.24, 2.45) is 0 Å². The number of aryl methyl sites for hydroxylation is 1. The molecule has 0 aliphatic carbocycles. The van der Waals surface area contributed by atoms with Crippen LogP contribution in [0.1, 0.15) is 23.9 Å². The minimum absolute atomic E-state index is 0.0601. The van der Waals surface area contributed by atoms with E-state index < -0.39 is 23.7 Å². The van der Waals surface area contributed by atoms with Crippen molar-refractivity contribution in [3.63, 3.8) is 0 Å². The number of hydrogen-bond donors (Lipinski definition) is 1. The molecule has 26 heavy (non-hydrogen) atoms. The van der Waals surface area contributed by atoms with E-state index in [9.17, 15) is 18.8 Å². The van der Waals surface area contributed by atoms with E-state index in [0.29, 0.717) is 0 Å². The Bertz CT molecular complexity index is 959. The van der Waals surface area contributed by atoms with Crippen molar-refractivity contribution in [3.05, 3.63) is 58.7 Å². The molecule has 6 nitrogen and oxygen atoms in total. The largest absolute Gasteiger partial charge is 0.349 e.